The highest BCUT2D eigenvalue weighted by atomic mass is 35.5. The second kappa shape index (κ2) is 7.06. The maximum Gasteiger partial charge on any atom is 0.246 e. The minimum atomic E-state index is -0.0551. The molecule has 5 heteroatoms. The van der Waals surface area contributed by atoms with Crippen molar-refractivity contribution >= 4 is 28.8 Å². The molecule has 0 unspecified atom stereocenters. The van der Waals surface area contributed by atoms with Gasteiger partial charge in [-0.3, -0.25) is 9.78 Å². The van der Waals surface area contributed by atoms with Crippen LogP contribution in [0.15, 0.2) is 67.4 Å². The molecule has 2 aromatic heterocycles. The fourth-order valence-electron chi connectivity index (χ4n) is 3.50. The molecule has 1 aliphatic heterocycles. The SMILES string of the molecule is C=CC(=O)N1Cc2sc(Cl)cc2[C@H](c2ccccc2-c2ccccn2)C1. The Kier molecular flexibility index (Phi) is 4.62. The Morgan fingerprint density at radius 3 is 2.81 bits per heavy atom. The van der Waals surface area contributed by atoms with Crippen LogP contribution in [0.2, 0.25) is 4.34 Å². The average Bonchev–Trinajstić information content (AvgIpc) is 3.07. The third kappa shape index (κ3) is 3.06. The molecule has 0 aliphatic carbocycles. The van der Waals surface area contributed by atoms with Gasteiger partial charge in [-0.2, -0.15) is 0 Å². The molecule has 1 aliphatic rings. The van der Waals surface area contributed by atoms with Gasteiger partial charge in [0.1, 0.15) is 0 Å². The summed E-state index contributed by atoms with van der Waals surface area (Å²) in [5, 5.41) is 0. The quantitative estimate of drug-likeness (QED) is 0.590. The van der Waals surface area contributed by atoms with Crippen LogP contribution in [0.4, 0.5) is 0 Å². The first kappa shape index (κ1) is 17.0. The van der Waals surface area contributed by atoms with E-state index in [2.05, 4.69) is 23.7 Å². The molecule has 3 aromatic rings. The van der Waals surface area contributed by atoms with E-state index in [-0.39, 0.29) is 11.8 Å². The highest BCUT2D eigenvalue weighted by Gasteiger charge is 2.31. The van der Waals surface area contributed by atoms with E-state index in [1.807, 2.05) is 41.3 Å². The standard InChI is InChI=1S/C21H17ClN2OS/c1-2-21(25)24-12-17(16-11-20(22)26-19(16)13-24)14-7-3-4-8-15(14)18-9-5-6-10-23-18/h2-11,17H,1,12-13H2/t17-/m0/s1. The van der Waals surface area contributed by atoms with Crippen molar-refractivity contribution in [2.45, 2.75) is 12.5 Å². The third-order valence-corrected chi connectivity index (χ3v) is 5.95. The van der Waals surface area contributed by atoms with E-state index in [0.717, 1.165) is 26.0 Å². The van der Waals surface area contributed by atoms with E-state index < -0.39 is 0 Å². The molecule has 0 bridgehead atoms. The number of fused-ring (bicyclic) bond motifs is 1. The third-order valence-electron chi connectivity index (χ3n) is 4.69. The van der Waals surface area contributed by atoms with E-state index in [4.69, 9.17) is 11.6 Å². The van der Waals surface area contributed by atoms with Crippen molar-refractivity contribution < 1.29 is 4.79 Å². The van der Waals surface area contributed by atoms with Crippen molar-refractivity contribution in [3.63, 3.8) is 0 Å². The van der Waals surface area contributed by atoms with Crippen molar-refractivity contribution in [2.24, 2.45) is 0 Å². The summed E-state index contributed by atoms with van der Waals surface area (Å²) in [4.78, 5) is 19.8. The van der Waals surface area contributed by atoms with Crippen molar-refractivity contribution in [3.05, 3.63) is 87.7 Å². The second-order valence-corrected chi connectivity index (χ2v) is 7.97. The van der Waals surface area contributed by atoms with Gasteiger partial charge in [0, 0.05) is 29.1 Å². The van der Waals surface area contributed by atoms with Crippen LogP contribution in [0.3, 0.4) is 0 Å². The van der Waals surface area contributed by atoms with Gasteiger partial charge in [-0.05, 0) is 35.4 Å². The lowest BCUT2D eigenvalue weighted by Gasteiger charge is -2.33. The molecule has 3 nitrogen and oxygen atoms in total. The maximum atomic E-state index is 12.3. The molecule has 1 aromatic carbocycles. The Morgan fingerprint density at radius 2 is 2.04 bits per heavy atom. The summed E-state index contributed by atoms with van der Waals surface area (Å²) in [7, 11) is 0. The number of aromatic nitrogens is 1. The summed E-state index contributed by atoms with van der Waals surface area (Å²) in [5.74, 6) is 0.00472. The van der Waals surface area contributed by atoms with Gasteiger partial charge in [-0.25, -0.2) is 0 Å². The molecule has 0 N–H and O–H groups in total. The molecule has 3 heterocycles. The van der Waals surface area contributed by atoms with Gasteiger partial charge in [-0.15, -0.1) is 11.3 Å². The molecule has 0 spiro atoms. The van der Waals surface area contributed by atoms with Gasteiger partial charge in [0.05, 0.1) is 16.6 Å². The summed E-state index contributed by atoms with van der Waals surface area (Å²) in [5.41, 5.74) is 4.37. The van der Waals surface area contributed by atoms with Crippen LogP contribution in [0.25, 0.3) is 11.3 Å². The van der Waals surface area contributed by atoms with Crippen LogP contribution >= 0.6 is 22.9 Å². The first-order valence-corrected chi connectivity index (χ1v) is 9.56. The molecule has 26 heavy (non-hydrogen) atoms. The van der Waals surface area contributed by atoms with Gasteiger partial charge < -0.3 is 4.90 Å². The minimum Gasteiger partial charge on any atom is -0.333 e. The number of carbonyl (C=O) groups is 1. The molecule has 1 amide bonds. The Morgan fingerprint density at radius 1 is 1.23 bits per heavy atom. The molecule has 0 saturated heterocycles. The van der Waals surface area contributed by atoms with Gasteiger partial charge in [-0.1, -0.05) is 48.5 Å². The van der Waals surface area contributed by atoms with E-state index in [0.29, 0.717) is 13.1 Å². The smallest absolute Gasteiger partial charge is 0.246 e. The van der Waals surface area contributed by atoms with Crippen molar-refractivity contribution in [1.29, 1.82) is 0 Å². The molecule has 1 atom stereocenters. The second-order valence-electron chi connectivity index (χ2n) is 6.21. The summed E-state index contributed by atoms with van der Waals surface area (Å²) >= 11 is 7.85. The molecule has 0 saturated carbocycles. The topological polar surface area (TPSA) is 33.2 Å². The van der Waals surface area contributed by atoms with E-state index in [1.165, 1.54) is 11.6 Å². The zero-order chi connectivity index (χ0) is 18.1. The Labute approximate surface area is 161 Å². The van der Waals surface area contributed by atoms with Crippen LogP contribution in [0.1, 0.15) is 21.9 Å². The Balaban J connectivity index is 1.84. The largest absolute Gasteiger partial charge is 0.333 e. The number of rotatable bonds is 3. The van der Waals surface area contributed by atoms with Crippen molar-refractivity contribution in [3.8, 4) is 11.3 Å². The number of carbonyl (C=O) groups excluding carboxylic acids is 1. The number of nitrogens with zero attached hydrogens (tertiary/aromatic N) is 2. The average molecular weight is 381 g/mol. The first-order valence-electron chi connectivity index (χ1n) is 8.37. The summed E-state index contributed by atoms with van der Waals surface area (Å²) in [6.07, 6.45) is 3.18. The molecular weight excluding hydrogens is 364 g/mol. The molecule has 4 rings (SSSR count). The summed E-state index contributed by atoms with van der Waals surface area (Å²) < 4.78 is 0.753. The first-order chi connectivity index (χ1) is 12.7. The van der Waals surface area contributed by atoms with E-state index in [1.54, 1.807) is 17.5 Å². The van der Waals surface area contributed by atoms with Crippen molar-refractivity contribution in [1.82, 2.24) is 9.88 Å². The van der Waals surface area contributed by atoms with Gasteiger partial charge in [0.2, 0.25) is 5.91 Å². The van der Waals surface area contributed by atoms with Crippen LogP contribution in [-0.2, 0) is 11.3 Å². The normalized spacial score (nSPS) is 16.2. The Bertz CT molecular complexity index is 967. The molecule has 130 valence electrons. The zero-order valence-electron chi connectivity index (χ0n) is 14.1. The van der Waals surface area contributed by atoms with Gasteiger partial charge in [0.15, 0.2) is 0 Å². The maximum absolute atomic E-state index is 12.3. The number of amides is 1. The summed E-state index contributed by atoms with van der Waals surface area (Å²) in [6.45, 7) is 4.83. The van der Waals surface area contributed by atoms with Gasteiger partial charge >= 0.3 is 0 Å². The minimum absolute atomic E-state index is 0.0551. The highest BCUT2D eigenvalue weighted by Crippen LogP contribution is 2.42. The zero-order valence-corrected chi connectivity index (χ0v) is 15.6. The number of thiophene rings is 1. The van der Waals surface area contributed by atoms with Crippen LogP contribution < -0.4 is 0 Å². The monoisotopic (exact) mass is 380 g/mol. The van der Waals surface area contributed by atoms with E-state index >= 15 is 0 Å². The molecule has 0 fully saturated rings. The summed E-state index contributed by atoms with van der Waals surface area (Å²) in [6, 6.07) is 16.2. The lowest BCUT2D eigenvalue weighted by atomic mass is 9.85. The van der Waals surface area contributed by atoms with Crippen LogP contribution in [0.5, 0.6) is 0 Å². The van der Waals surface area contributed by atoms with Crippen LogP contribution in [0, 0.1) is 0 Å². The van der Waals surface area contributed by atoms with E-state index in [9.17, 15) is 4.79 Å². The van der Waals surface area contributed by atoms with Crippen molar-refractivity contribution in [2.75, 3.05) is 6.54 Å². The number of hydrogen-bond donors (Lipinski definition) is 0. The molecule has 0 radical (unpaired) electrons. The highest BCUT2D eigenvalue weighted by molar-refractivity contribution is 7.16. The lowest BCUT2D eigenvalue weighted by Crippen LogP contribution is -2.37. The number of benzene rings is 1. The fourth-order valence-corrected chi connectivity index (χ4v) is 4.86. The Hall–Kier alpha value is -2.43. The van der Waals surface area contributed by atoms with Gasteiger partial charge in [0.25, 0.3) is 0 Å². The van der Waals surface area contributed by atoms with Crippen LogP contribution in [-0.4, -0.2) is 22.3 Å². The predicted octanol–water partition coefficient (Wildman–Crippen LogP) is 5.12. The lowest BCUT2D eigenvalue weighted by molar-refractivity contribution is -0.127. The fraction of sp³-hybridized carbons (Fsp3) is 0.143. The predicted molar refractivity (Wildman–Crippen MR) is 106 cm³/mol. The molecular formula is C21H17ClN2OS. The number of halogens is 1. The number of pyridine rings is 1. The number of hydrogen-bond acceptors (Lipinski definition) is 3.